The van der Waals surface area contributed by atoms with Gasteiger partial charge in [-0.05, 0) is 68.9 Å². The van der Waals surface area contributed by atoms with Gasteiger partial charge in [0, 0.05) is 12.6 Å². The summed E-state index contributed by atoms with van der Waals surface area (Å²) >= 11 is 0. The van der Waals surface area contributed by atoms with E-state index < -0.39 is 0 Å². The van der Waals surface area contributed by atoms with E-state index >= 15 is 0 Å². The fraction of sp³-hybridized carbons (Fsp3) is 1.00. The fourth-order valence-corrected chi connectivity index (χ4v) is 4.61. The lowest BCUT2D eigenvalue weighted by Crippen LogP contribution is -2.48. The van der Waals surface area contributed by atoms with Crippen molar-refractivity contribution in [3.63, 3.8) is 0 Å². The van der Waals surface area contributed by atoms with Crippen LogP contribution in [0.2, 0.25) is 0 Å². The van der Waals surface area contributed by atoms with Crippen LogP contribution in [0.25, 0.3) is 0 Å². The highest BCUT2D eigenvalue weighted by Gasteiger charge is 2.34. The summed E-state index contributed by atoms with van der Waals surface area (Å²) in [5, 5.41) is 0. The molecule has 1 saturated heterocycles. The zero-order valence-electron chi connectivity index (χ0n) is 14.7. The van der Waals surface area contributed by atoms with Gasteiger partial charge in [0.25, 0.3) is 0 Å². The van der Waals surface area contributed by atoms with E-state index in [0.29, 0.717) is 11.5 Å². The van der Waals surface area contributed by atoms with Gasteiger partial charge in [0.15, 0.2) is 0 Å². The van der Waals surface area contributed by atoms with Crippen molar-refractivity contribution >= 4 is 0 Å². The van der Waals surface area contributed by atoms with Gasteiger partial charge in [-0.15, -0.1) is 0 Å². The van der Waals surface area contributed by atoms with Crippen molar-refractivity contribution in [2.45, 2.75) is 84.6 Å². The van der Waals surface area contributed by atoms with Gasteiger partial charge in [-0.1, -0.05) is 40.0 Å². The zero-order chi connectivity index (χ0) is 15.3. The molecule has 1 atom stereocenters. The summed E-state index contributed by atoms with van der Waals surface area (Å²) < 4.78 is 0. The molecule has 0 aromatic carbocycles. The Bertz CT molecular complexity index is 278. The number of hydrogen-bond acceptors (Lipinski definition) is 2. The quantitative estimate of drug-likeness (QED) is 0.834. The van der Waals surface area contributed by atoms with E-state index in [4.69, 9.17) is 5.73 Å². The fourth-order valence-electron chi connectivity index (χ4n) is 4.61. The third-order valence-corrected chi connectivity index (χ3v) is 6.14. The molecule has 2 fully saturated rings. The van der Waals surface area contributed by atoms with Crippen molar-refractivity contribution < 1.29 is 0 Å². The van der Waals surface area contributed by atoms with E-state index in [1.165, 1.54) is 70.9 Å². The summed E-state index contributed by atoms with van der Waals surface area (Å²) in [5.74, 6) is 1.77. The molecule has 2 nitrogen and oxygen atoms in total. The summed E-state index contributed by atoms with van der Waals surface area (Å²) in [6, 6.07) is 0.656. The van der Waals surface area contributed by atoms with Gasteiger partial charge in [-0.2, -0.15) is 0 Å². The third-order valence-electron chi connectivity index (χ3n) is 6.14. The van der Waals surface area contributed by atoms with E-state index in [-0.39, 0.29) is 0 Å². The average Bonchev–Trinajstić information content (AvgIpc) is 2.41. The van der Waals surface area contributed by atoms with Gasteiger partial charge in [-0.3, -0.25) is 4.90 Å². The number of rotatable bonds is 3. The molecule has 2 N–H and O–H groups in total. The molecule has 2 aliphatic rings. The Balaban J connectivity index is 1.89. The van der Waals surface area contributed by atoms with E-state index in [9.17, 15) is 0 Å². The predicted octanol–water partition coefficient (Wildman–Crippen LogP) is 4.43. The Morgan fingerprint density at radius 3 is 1.90 bits per heavy atom. The van der Waals surface area contributed by atoms with Gasteiger partial charge >= 0.3 is 0 Å². The first-order valence-corrected chi connectivity index (χ1v) is 9.46. The molecule has 0 aromatic rings. The summed E-state index contributed by atoms with van der Waals surface area (Å²) in [6.45, 7) is 10.7. The van der Waals surface area contributed by atoms with Crippen LogP contribution in [-0.4, -0.2) is 30.6 Å². The second-order valence-corrected chi connectivity index (χ2v) is 8.58. The van der Waals surface area contributed by atoms with Crippen LogP contribution in [0.1, 0.15) is 78.6 Å². The molecule has 21 heavy (non-hydrogen) atoms. The van der Waals surface area contributed by atoms with Crippen LogP contribution in [0.4, 0.5) is 0 Å². The number of nitrogens with two attached hydrogens (primary N) is 1. The molecule has 1 aliphatic carbocycles. The predicted molar refractivity (Wildman–Crippen MR) is 92.4 cm³/mol. The Kier molecular flexibility index (Phi) is 6.55. The first-order valence-electron chi connectivity index (χ1n) is 9.46. The summed E-state index contributed by atoms with van der Waals surface area (Å²) in [7, 11) is 0. The highest BCUT2D eigenvalue weighted by atomic mass is 15.2. The lowest BCUT2D eigenvalue weighted by atomic mass is 9.68. The standard InChI is InChI=1S/C19H38N2/c1-19(2,3)17-11-9-16(10-12-17)18(15-20)21-13-7-5-4-6-8-14-21/h16-18H,4-15,20H2,1-3H3. The van der Waals surface area contributed by atoms with Crippen molar-refractivity contribution in [3.8, 4) is 0 Å². The maximum atomic E-state index is 6.20. The minimum absolute atomic E-state index is 0.490. The molecule has 1 unspecified atom stereocenters. The summed E-state index contributed by atoms with van der Waals surface area (Å²) in [4.78, 5) is 2.75. The number of hydrogen-bond donors (Lipinski definition) is 1. The molecule has 2 rings (SSSR count). The molecule has 0 spiro atoms. The molecule has 0 amide bonds. The van der Waals surface area contributed by atoms with Crippen molar-refractivity contribution in [1.29, 1.82) is 0 Å². The molecule has 0 bridgehead atoms. The van der Waals surface area contributed by atoms with Crippen molar-refractivity contribution in [3.05, 3.63) is 0 Å². The molecule has 2 heteroatoms. The lowest BCUT2D eigenvalue weighted by Gasteiger charge is -2.43. The number of likely N-dealkylation sites (tertiary alicyclic amines) is 1. The first-order chi connectivity index (χ1) is 10.0. The van der Waals surface area contributed by atoms with E-state index in [2.05, 4.69) is 25.7 Å². The van der Waals surface area contributed by atoms with E-state index in [1.807, 2.05) is 0 Å². The molecule has 1 heterocycles. The van der Waals surface area contributed by atoms with Gasteiger partial charge in [-0.25, -0.2) is 0 Å². The van der Waals surface area contributed by atoms with Crippen LogP contribution in [-0.2, 0) is 0 Å². The third kappa shape index (κ3) is 4.96. The topological polar surface area (TPSA) is 29.3 Å². The highest BCUT2D eigenvalue weighted by molar-refractivity contribution is 4.88. The molecule has 1 aliphatic heterocycles. The van der Waals surface area contributed by atoms with Gasteiger partial charge in [0.05, 0.1) is 0 Å². The highest BCUT2D eigenvalue weighted by Crippen LogP contribution is 2.41. The van der Waals surface area contributed by atoms with Crippen LogP contribution < -0.4 is 5.73 Å². The van der Waals surface area contributed by atoms with E-state index in [1.54, 1.807) is 0 Å². The van der Waals surface area contributed by atoms with Crippen LogP contribution in [0.5, 0.6) is 0 Å². The molecular weight excluding hydrogens is 256 g/mol. The smallest absolute Gasteiger partial charge is 0.0246 e. The van der Waals surface area contributed by atoms with Crippen molar-refractivity contribution in [1.82, 2.24) is 4.90 Å². The normalized spacial score (nSPS) is 31.4. The molecule has 1 saturated carbocycles. The zero-order valence-corrected chi connectivity index (χ0v) is 14.7. The Labute approximate surface area is 132 Å². The number of nitrogens with zero attached hydrogens (tertiary/aromatic N) is 1. The second kappa shape index (κ2) is 7.97. The van der Waals surface area contributed by atoms with Gasteiger partial charge in [0.1, 0.15) is 0 Å². The molecular formula is C19H38N2. The van der Waals surface area contributed by atoms with Crippen LogP contribution in [0.15, 0.2) is 0 Å². The van der Waals surface area contributed by atoms with Gasteiger partial charge < -0.3 is 5.73 Å². The van der Waals surface area contributed by atoms with Crippen molar-refractivity contribution in [2.75, 3.05) is 19.6 Å². The average molecular weight is 295 g/mol. The van der Waals surface area contributed by atoms with Crippen LogP contribution in [0, 0.1) is 17.3 Å². The Morgan fingerprint density at radius 1 is 0.905 bits per heavy atom. The van der Waals surface area contributed by atoms with Crippen LogP contribution >= 0.6 is 0 Å². The minimum atomic E-state index is 0.490. The monoisotopic (exact) mass is 294 g/mol. The molecule has 0 radical (unpaired) electrons. The Hall–Kier alpha value is -0.0800. The maximum Gasteiger partial charge on any atom is 0.0246 e. The second-order valence-electron chi connectivity index (χ2n) is 8.58. The molecule has 124 valence electrons. The lowest BCUT2D eigenvalue weighted by molar-refractivity contribution is 0.0769. The summed E-state index contributed by atoms with van der Waals surface area (Å²) in [5.41, 5.74) is 6.69. The summed E-state index contributed by atoms with van der Waals surface area (Å²) in [6.07, 6.45) is 12.7. The Morgan fingerprint density at radius 2 is 1.43 bits per heavy atom. The van der Waals surface area contributed by atoms with E-state index in [0.717, 1.165) is 18.4 Å². The molecule has 0 aromatic heterocycles. The minimum Gasteiger partial charge on any atom is -0.329 e. The SMILES string of the molecule is CC(C)(C)C1CCC(C(CN)N2CCCCCCC2)CC1. The van der Waals surface area contributed by atoms with Crippen LogP contribution in [0.3, 0.4) is 0 Å². The largest absolute Gasteiger partial charge is 0.329 e. The maximum absolute atomic E-state index is 6.20. The van der Waals surface area contributed by atoms with Gasteiger partial charge in [0.2, 0.25) is 0 Å². The van der Waals surface area contributed by atoms with Crippen molar-refractivity contribution in [2.24, 2.45) is 23.0 Å². The first kappa shape index (κ1) is 17.3.